The number of nitrogens with zero attached hydrogens (tertiary/aromatic N) is 2. The first-order valence-electron chi connectivity index (χ1n) is 6.82. The first-order valence-corrected chi connectivity index (χ1v) is 8.67. The molecule has 2 fully saturated rings. The highest BCUT2D eigenvalue weighted by Gasteiger charge is 2.46. The Morgan fingerprint density at radius 2 is 1.80 bits per heavy atom. The highest BCUT2D eigenvalue weighted by molar-refractivity contribution is 7.88. The number of para-hydroxylation sites is 1. The molecule has 0 unspecified atom stereocenters. The fourth-order valence-electron chi connectivity index (χ4n) is 3.36. The number of rotatable bonds is 2. The van der Waals surface area contributed by atoms with E-state index >= 15 is 0 Å². The molecular formula is C14H18N2O3S. The first-order chi connectivity index (χ1) is 9.48. The minimum Gasteiger partial charge on any atom is -0.308 e. The number of sulfonamides is 1. The smallest absolute Gasteiger partial charge is 0.227 e. The van der Waals surface area contributed by atoms with Crippen molar-refractivity contribution in [3.8, 4) is 0 Å². The minimum atomic E-state index is -3.20. The molecule has 1 aromatic rings. The maximum atomic E-state index is 12.3. The molecule has 1 amide bonds. The van der Waals surface area contributed by atoms with Gasteiger partial charge in [-0.05, 0) is 25.0 Å². The largest absolute Gasteiger partial charge is 0.308 e. The van der Waals surface area contributed by atoms with Gasteiger partial charge in [0.25, 0.3) is 0 Å². The van der Waals surface area contributed by atoms with Gasteiger partial charge in [-0.1, -0.05) is 18.2 Å². The van der Waals surface area contributed by atoms with Crippen LogP contribution < -0.4 is 4.90 Å². The lowest BCUT2D eigenvalue weighted by atomic mass is 9.96. The number of carbonyl (C=O) groups excluding carboxylic acids is 1. The zero-order valence-corrected chi connectivity index (χ0v) is 12.2. The van der Waals surface area contributed by atoms with Crippen LogP contribution in [0, 0.1) is 0 Å². The van der Waals surface area contributed by atoms with Crippen LogP contribution in [0.1, 0.15) is 19.3 Å². The van der Waals surface area contributed by atoms with Crippen molar-refractivity contribution in [3.63, 3.8) is 0 Å². The molecule has 0 aliphatic carbocycles. The Morgan fingerprint density at radius 3 is 2.45 bits per heavy atom. The van der Waals surface area contributed by atoms with Gasteiger partial charge in [0.2, 0.25) is 15.9 Å². The molecule has 3 rings (SSSR count). The maximum absolute atomic E-state index is 12.3. The standard InChI is InChI=1S/C14H18N2O3S/c1-20(18,19)15-10-9-13-12(15)7-8-14(17)16(13)11-5-3-2-4-6-11/h2-6,12-13H,7-10H2,1H3/t12-,13-/m1/s1. The molecule has 2 heterocycles. The van der Waals surface area contributed by atoms with Crippen LogP contribution in [0.5, 0.6) is 0 Å². The van der Waals surface area contributed by atoms with Crippen LogP contribution in [0.2, 0.25) is 0 Å². The van der Waals surface area contributed by atoms with E-state index in [2.05, 4.69) is 0 Å². The number of anilines is 1. The fraction of sp³-hybridized carbons (Fsp3) is 0.500. The summed E-state index contributed by atoms with van der Waals surface area (Å²) in [4.78, 5) is 14.0. The molecule has 0 saturated carbocycles. The summed E-state index contributed by atoms with van der Waals surface area (Å²) in [5.74, 6) is 0.0906. The predicted molar refractivity (Wildman–Crippen MR) is 76.9 cm³/mol. The number of fused-ring (bicyclic) bond motifs is 1. The zero-order valence-electron chi connectivity index (χ0n) is 11.4. The molecule has 0 aromatic heterocycles. The molecule has 6 heteroatoms. The molecular weight excluding hydrogens is 276 g/mol. The number of hydrogen-bond acceptors (Lipinski definition) is 3. The van der Waals surface area contributed by atoms with Crippen molar-refractivity contribution in [1.29, 1.82) is 0 Å². The molecule has 0 spiro atoms. The maximum Gasteiger partial charge on any atom is 0.227 e. The van der Waals surface area contributed by atoms with E-state index in [0.717, 1.165) is 5.69 Å². The number of benzene rings is 1. The average Bonchev–Trinajstić information content (AvgIpc) is 2.83. The van der Waals surface area contributed by atoms with E-state index in [1.165, 1.54) is 6.26 Å². The van der Waals surface area contributed by atoms with Gasteiger partial charge in [-0.2, -0.15) is 4.31 Å². The minimum absolute atomic E-state index is 0.0339. The van der Waals surface area contributed by atoms with Gasteiger partial charge < -0.3 is 4.90 Å². The lowest BCUT2D eigenvalue weighted by Crippen LogP contribution is -2.53. The number of hydrogen-bond donors (Lipinski definition) is 0. The summed E-state index contributed by atoms with van der Waals surface area (Å²) in [5.41, 5.74) is 0.863. The Bertz CT molecular complexity index is 615. The Kier molecular flexibility index (Phi) is 3.30. The van der Waals surface area contributed by atoms with Crippen molar-refractivity contribution in [2.45, 2.75) is 31.3 Å². The van der Waals surface area contributed by atoms with E-state index in [4.69, 9.17) is 0 Å². The molecule has 1 aromatic carbocycles. The van der Waals surface area contributed by atoms with Crippen molar-refractivity contribution < 1.29 is 13.2 Å². The molecule has 0 radical (unpaired) electrons. The fourth-order valence-corrected chi connectivity index (χ4v) is 4.53. The molecule has 0 N–H and O–H groups in total. The quantitative estimate of drug-likeness (QED) is 0.824. The van der Waals surface area contributed by atoms with E-state index in [0.29, 0.717) is 25.8 Å². The molecule has 2 atom stereocenters. The lowest BCUT2D eigenvalue weighted by molar-refractivity contribution is -0.120. The molecule has 5 nitrogen and oxygen atoms in total. The third-order valence-electron chi connectivity index (χ3n) is 4.17. The van der Waals surface area contributed by atoms with Gasteiger partial charge in [-0.3, -0.25) is 4.79 Å². The average molecular weight is 294 g/mol. The molecule has 2 aliphatic heterocycles. The second kappa shape index (κ2) is 4.86. The second-order valence-electron chi connectivity index (χ2n) is 5.44. The normalized spacial score (nSPS) is 27.6. The molecule has 108 valence electrons. The first kappa shape index (κ1) is 13.6. The van der Waals surface area contributed by atoms with E-state index < -0.39 is 10.0 Å². The van der Waals surface area contributed by atoms with Crippen LogP contribution in [0.25, 0.3) is 0 Å². The zero-order chi connectivity index (χ0) is 14.3. The van der Waals surface area contributed by atoms with E-state index in [-0.39, 0.29) is 18.0 Å². The van der Waals surface area contributed by atoms with Gasteiger partial charge in [-0.15, -0.1) is 0 Å². The van der Waals surface area contributed by atoms with Crippen LogP contribution >= 0.6 is 0 Å². The number of carbonyl (C=O) groups is 1. The van der Waals surface area contributed by atoms with E-state index in [9.17, 15) is 13.2 Å². The SMILES string of the molecule is CS(=O)(=O)N1CC[C@@H]2[C@H]1CCC(=O)N2c1ccccc1. The third-order valence-corrected chi connectivity index (χ3v) is 5.48. The molecule has 20 heavy (non-hydrogen) atoms. The van der Waals surface area contributed by atoms with E-state index in [1.54, 1.807) is 9.21 Å². The highest BCUT2D eigenvalue weighted by atomic mass is 32.2. The van der Waals surface area contributed by atoms with Gasteiger partial charge in [0.15, 0.2) is 0 Å². The summed E-state index contributed by atoms with van der Waals surface area (Å²) in [6.07, 6.45) is 2.99. The Morgan fingerprint density at radius 1 is 1.10 bits per heavy atom. The van der Waals surface area contributed by atoms with Gasteiger partial charge in [0.05, 0.1) is 12.3 Å². The van der Waals surface area contributed by atoms with Crippen LogP contribution in [-0.4, -0.2) is 43.5 Å². The van der Waals surface area contributed by atoms with Crippen molar-refractivity contribution >= 4 is 21.6 Å². The van der Waals surface area contributed by atoms with Gasteiger partial charge in [-0.25, -0.2) is 8.42 Å². The lowest BCUT2D eigenvalue weighted by Gasteiger charge is -2.39. The number of amides is 1. The van der Waals surface area contributed by atoms with Gasteiger partial charge in [0, 0.05) is 24.7 Å². The summed E-state index contributed by atoms with van der Waals surface area (Å²) < 4.78 is 25.2. The monoisotopic (exact) mass is 294 g/mol. The van der Waals surface area contributed by atoms with Crippen LogP contribution in [0.15, 0.2) is 30.3 Å². The molecule has 0 bridgehead atoms. The van der Waals surface area contributed by atoms with Crippen LogP contribution in [-0.2, 0) is 14.8 Å². The Balaban J connectivity index is 1.94. The van der Waals surface area contributed by atoms with Gasteiger partial charge >= 0.3 is 0 Å². The molecule has 2 saturated heterocycles. The van der Waals surface area contributed by atoms with Crippen molar-refractivity contribution in [1.82, 2.24) is 4.31 Å². The second-order valence-corrected chi connectivity index (χ2v) is 7.37. The molecule has 2 aliphatic rings. The Hall–Kier alpha value is -1.40. The van der Waals surface area contributed by atoms with Crippen LogP contribution in [0.3, 0.4) is 0 Å². The van der Waals surface area contributed by atoms with Gasteiger partial charge in [0.1, 0.15) is 0 Å². The topological polar surface area (TPSA) is 57.7 Å². The summed E-state index contributed by atoms with van der Waals surface area (Å²) in [6, 6.07) is 9.40. The van der Waals surface area contributed by atoms with E-state index in [1.807, 2.05) is 30.3 Å². The van der Waals surface area contributed by atoms with Crippen molar-refractivity contribution in [3.05, 3.63) is 30.3 Å². The van der Waals surface area contributed by atoms with Crippen LogP contribution in [0.4, 0.5) is 5.69 Å². The summed E-state index contributed by atoms with van der Waals surface area (Å²) >= 11 is 0. The third kappa shape index (κ3) is 2.23. The Labute approximate surface area is 119 Å². The highest BCUT2D eigenvalue weighted by Crippen LogP contribution is 2.35. The predicted octanol–water partition coefficient (Wildman–Crippen LogP) is 1.22. The number of piperidine rings is 1. The van der Waals surface area contributed by atoms with Crippen molar-refractivity contribution in [2.75, 3.05) is 17.7 Å². The summed E-state index contributed by atoms with van der Waals surface area (Å²) in [5, 5.41) is 0. The van der Waals surface area contributed by atoms with Crippen molar-refractivity contribution in [2.24, 2.45) is 0 Å². The summed E-state index contributed by atoms with van der Waals surface area (Å²) in [7, 11) is -3.20. The summed E-state index contributed by atoms with van der Waals surface area (Å²) in [6.45, 7) is 0.505.